The summed E-state index contributed by atoms with van der Waals surface area (Å²) in [6.07, 6.45) is 2.03. The van der Waals surface area contributed by atoms with E-state index in [4.69, 9.17) is 0 Å². The number of rotatable bonds is 1. The molecule has 3 rings (SSSR count). The van der Waals surface area contributed by atoms with Crippen molar-refractivity contribution >= 4 is 21.4 Å². The second kappa shape index (κ2) is 4.14. The zero-order chi connectivity index (χ0) is 12.7. The van der Waals surface area contributed by atoms with Crippen LogP contribution in [0, 0.1) is 6.92 Å². The van der Waals surface area contributed by atoms with Gasteiger partial charge in [-0.1, -0.05) is 18.2 Å². The summed E-state index contributed by atoms with van der Waals surface area (Å²) in [5.41, 5.74) is 3.06. The molecule has 0 atom stereocenters. The van der Waals surface area contributed by atoms with Crippen LogP contribution in [-0.4, -0.2) is 14.5 Å². The van der Waals surface area contributed by atoms with Gasteiger partial charge in [-0.15, -0.1) is 0 Å². The summed E-state index contributed by atoms with van der Waals surface area (Å²) in [6, 6.07) is 11.2. The van der Waals surface area contributed by atoms with Crippen LogP contribution in [0.5, 0.6) is 5.75 Å². The molecule has 2 heterocycles. The van der Waals surface area contributed by atoms with E-state index in [1.807, 2.05) is 41.8 Å². The number of hydrogen-bond acceptors (Lipinski definition) is 2. The van der Waals surface area contributed by atoms with E-state index in [1.165, 1.54) is 0 Å². The Kier molecular flexibility index (Phi) is 2.59. The summed E-state index contributed by atoms with van der Waals surface area (Å²) in [4.78, 5) is 4.51. The highest BCUT2D eigenvalue weighted by molar-refractivity contribution is 9.10. The van der Waals surface area contributed by atoms with Crippen molar-refractivity contribution in [1.29, 1.82) is 0 Å². The van der Waals surface area contributed by atoms with E-state index < -0.39 is 0 Å². The Hall–Kier alpha value is -1.81. The van der Waals surface area contributed by atoms with Crippen molar-refractivity contribution in [3.63, 3.8) is 0 Å². The lowest BCUT2D eigenvalue weighted by molar-refractivity contribution is 0.475. The minimum Gasteiger partial charge on any atom is -0.508 e. The maximum Gasteiger partial charge on any atom is 0.146 e. The number of hydrogen-bond donors (Lipinski definition) is 1. The molecule has 0 spiro atoms. The van der Waals surface area contributed by atoms with Gasteiger partial charge in [-0.25, -0.2) is 4.98 Å². The highest BCUT2D eigenvalue weighted by Gasteiger charge is 2.11. The Labute approximate surface area is 113 Å². The lowest BCUT2D eigenvalue weighted by Crippen LogP contribution is -1.90. The fourth-order valence-electron chi connectivity index (χ4n) is 2.00. The molecule has 0 aliphatic heterocycles. The molecule has 4 heteroatoms. The van der Waals surface area contributed by atoms with Crippen LogP contribution in [0.3, 0.4) is 0 Å². The van der Waals surface area contributed by atoms with E-state index in [0.29, 0.717) is 0 Å². The third-order valence-corrected chi connectivity index (χ3v) is 3.43. The van der Waals surface area contributed by atoms with Gasteiger partial charge in [0, 0.05) is 11.8 Å². The molecule has 0 bridgehead atoms. The zero-order valence-corrected chi connectivity index (χ0v) is 11.3. The molecule has 0 saturated carbocycles. The zero-order valence-electron chi connectivity index (χ0n) is 9.76. The van der Waals surface area contributed by atoms with Gasteiger partial charge in [0.15, 0.2) is 0 Å². The molecule has 3 nitrogen and oxygen atoms in total. The molecule has 0 unspecified atom stereocenters. The summed E-state index contributed by atoms with van der Waals surface area (Å²) in [7, 11) is 0. The van der Waals surface area contributed by atoms with Crippen molar-refractivity contribution in [3.05, 3.63) is 52.8 Å². The first kappa shape index (κ1) is 11.3. The highest BCUT2D eigenvalue weighted by atomic mass is 79.9. The van der Waals surface area contributed by atoms with Crippen LogP contribution >= 0.6 is 15.9 Å². The van der Waals surface area contributed by atoms with Crippen LogP contribution in [0.25, 0.3) is 16.9 Å². The third-order valence-electron chi connectivity index (χ3n) is 2.84. The average Bonchev–Trinajstić information content (AvgIpc) is 2.66. The van der Waals surface area contributed by atoms with Crippen LogP contribution in [0.15, 0.2) is 47.2 Å². The van der Waals surface area contributed by atoms with Gasteiger partial charge in [-0.05, 0) is 46.6 Å². The second-order valence-electron chi connectivity index (χ2n) is 4.24. The van der Waals surface area contributed by atoms with Crippen molar-refractivity contribution < 1.29 is 5.11 Å². The summed E-state index contributed by atoms with van der Waals surface area (Å²) in [5.74, 6) is 1.06. The first-order valence-electron chi connectivity index (χ1n) is 5.59. The Bertz CT molecular complexity index is 734. The summed E-state index contributed by atoms with van der Waals surface area (Å²) in [5, 5.41) is 9.56. The first-order valence-corrected chi connectivity index (χ1v) is 6.38. The third kappa shape index (κ3) is 1.78. The predicted molar refractivity (Wildman–Crippen MR) is 74.7 cm³/mol. The van der Waals surface area contributed by atoms with Crippen LogP contribution in [0.1, 0.15) is 5.56 Å². The van der Waals surface area contributed by atoms with Crippen molar-refractivity contribution in [2.75, 3.05) is 0 Å². The van der Waals surface area contributed by atoms with Crippen molar-refractivity contribution in [2.45, 2.75) is 6.92 Å². The lowest BCUT2D eigenvalue weighted by Gasteiger charge is -2.03. The van der Waals surface area contributed by atoms with Crippen molar-refractivity contribution in [2.24, 2.45) is 0 Å². The molecule has 0 fully saturated rings. The van der Waals surface area contributed by atoms with Crippen LogP contribution < -0.4 is 0 Å². The molecule has 0 aliphatic carbocycles. The molecule has 2 aromatic heterocycles. The van der Waals surface area contributed by atoms with Crippen LogP contribution in [0.2, 0.25) is 0 Å². The molecule has 0 amide bonds. The Morgan fingerprint density at radius 1 is 1.22 bits per heavy atom. The molecular weight excluding hydrogens is 292 g/mol. The number of pyridine rings is 1. The van der Waals surface area contributed by atoms with Gasteiger partial charge in [0.2, 0.25) is 0 Å². The second-order valence-corrected chi connectivity index (χ2v) is 4.99. The molecule has 1 aromatic carbocycles. The molecule has 3 aromatic rings. The maximum absolute atomic E-state index is 9.56. The number of aromatic nitrogens is 2. The van der Waals surface area contributed by atoms with E-state index in [0.717, 1.165) is 27.1 Å². The van der Waals surface area contributed by atoms with Gasteiger partial charge >= 0.3 is 0 Å². The van der Waals surface area contributed by atoms with E-state index in [-0.39, 0.29) is 5.75 Å². The topological polar surface area (TPSA) is 37.5 Å². The number of benzene rings is 1. The Balaban J connectivity index is 2.32. The average molecular weight is 303 g/mol. The van der Waals surface area contributed by atoms with Crippen molar-refractivity contribution in [3.8, 4) is 17.1 Å². The van der Waals surface area contributed by atoms with Crippen LogP contribution in [-0.2, 0) is 0 Å². The first-order chi connectivity index (χ1) is 8.65. The fraction of sp³-hybridized carbons (Fsp3) is 0.0714. The van der Waals surface area contributed by atoms with E-state index in [9.17, 15) is 5.11 Å². The minimum atomic E-state index is 0.244. The minimum absolute atomic E-state index is 0.244. The SMILES string of the molecule is Cc1ccc2c(Br)nc(-c3cccc(O)c3)n2c1. The predicted octanol–water partition coefficient (Wildman–Crippen LogP) is 3.78. The van der Waals surface area contributed by atoms with Crippen LogP contribution in [0.4, 0.5) is 0 Å². The smallest absolute Gasteiger partial charge is 0.146 e. The number of phenols is 1. The van der Waals surface area contributed by atoms with Gasteiger partial charge in [0.05, 0.1) is 5.52 Å². The largest absolute Gasteiger partial charge is 0.508 e. The van der Waals surface area contributed by atoms with E-state index in [1.54, 1.807) is 12.1 Å². The lowest BCUT2D eigenvalue weighted by atomic mass is 10.2. The summed E-state index contributed by atoms with van der Waals surface area (Å²) < 4.78 is 2.83. The molecular formula is C14H11BrN2O. The monoisotopic (exact) mass is 302 g/mol. The number of aromatic hydroxyl groups is 1. The van der Waals surface area contributed by atoms with Gasteiger partial charge in [-0.3, -0.25) is 4.40 Å². The van der Waals surface area contributed by atoms with E-state index in [2.05, 4.69) is 20.9 Å². The number of halogens is 1. The molecule has 90 valence electrons. The maximum atomic E-state index is 9.56. The van der Waals surface area contributed by atoms with Gasteiger partial charge in [0.25, 0.3) is 0 Å². The van der Waals surface area contributed by atoms with Gasteiger partial charge in [-0.2, -0.15) is 0 Å². The molecule has 0 aliphatic rings. The quantitative estimate of drug-likeness (QED) is 0.743. The highest BCUT2D eigenvalue weighted by Crippen LogP contribution is 2.28. The Morgan fingerprint density at radius 2 is 2.06 bits per heavy atom. The fourth-order valence-corrected chi connectivity index (χ4v) is 2.49. The van der Waals surface area contributed by atoms with Crippen molar-refractivity contribution in [1.82, 2.24) is 9.38 Å². The molecule has 18 heavy (non-hydrogen) atoms. The number of nitrogens with zero attached hydrogens (tertiary/aromatic N) is 2. The van der Waals surface area contributed by atoms with Gasteiger partial charge < -0.3 is 5.11 Å². The summed E-state index contributed by atoms with van der Waals surface area (Å²) >= 11 is 3.46. The van der Waals surface area contributed by atoms with E-state index >= 15 is 0 Å². The Morgan fingerprint density at radius 3 is 2.83 bits per heavy atom. The molecule has 0 saturated heterocycles. The normalized spacial score (nSPS) is 11.0. The number of aryl methyl sites for hydroxylation is 1. The number of imidazole rings is 1. The standard InChI is InChI=1S/C14H11BrN2O/c1-9-5-6-12-13(15)16-14(17(12)8-9)10-3-2-4-11(18)7-10/h2-8,18H,1H3. The van der Waals surface area contributed by atoms with Gasteiger partial charge in [0.1, 0.15) is 16.2 Å². The molecule has 0 radical (unpaired) electrons. The summed E-state index contributed by atoms with van der Waals surface area (Å²) in [6.45, 7) is 2.04. The molecule has 1 N–H and O–H groups in total. The number of phenolic OH excluding ortho intramolecular Hbond substituents is 1. The number of fused-ring (bicyclic) bond motifs is 1.